The Hall–Kier alpha value is -1.47. The van der Waals surface area contributed by atoms with Gasteiger partial charge in [0.05, 0.1) is 4.90 Å². The zero-order valence-electron chi connectivity index (χ0n) is 11.6. The summed E-state index contributed by atoms with van der Waals surface area (Å²) in [5.41, 5.74) is 0. The van der Waals surface area contributed by atoms with E-state index in [2.05, 4.69) is 10.2 Å². The van der Waals surface area contributed by atoms with E-state index in [4.69, 9.17) is 0 Å². The van der Waals surface area contributed by atoms with Crippen LogP contribution in [0.4, 0.5) is 24.6 Å². The van der Waals surface area contributed by atoms with Crippen LogP contribution in [0.25, 0.3) is 0 Å². The fourth-order valence-corrected chi connectivity index (χ4v) is 4.19. The molecule has 13 heteroatoms. The smallest absolute Gasteiger partial charge is 0.243 e. The SMILES string of the molecule is Cc1nnc(N(C)S(=O)(=O)c2ccc(S(F)(F)(F)(F)F)cc2)s1. The van der Waals surface area contributed by atoms with E-state index >= 15 is 0 Å². The van der Waals surface area contributed by atoms with Crippen LogP contribution in [0.2, 0.25) is 0 Å². The van der Waals surface area contributed by atoms with Crippen LogP contribution in [-0.2, 0) is 10.0 Å². The van der Waals surface area contributed by atoms with Crippen molar-refractivity contribution in [3.8, 4) is 0 Å². The molecule has 0 N–H and O–H groups in total. The van der Waals surface area contributed by atoms with Gasteiger partial charge in [0.2, 0.25) is 5.13 Å². The molecule has 2 aromatic rings. The molecular formula is C10H10F5N3O2S3. The minimum atomic E-state index is -9.84. The summed E-state index contributed by atoms with van der Waals surface area (Å²) in [4.78, 5) is -2.73. The topological polar surface area (TPSA) is 63.2 Å². The molecular weight excluding hydrogens is 385 g/mol. The number of sulfonamides is 1. The van der Waals surface area contributed by atoms with Gasteiger partial charge >= 0.3 is 10.2 Å². The third-order valence-electron chi connectivity index (χ3n) is 2.71. The van der Waals surface area contributed by atoms with Gasteiger partial charge in [-0.1, -0.05) is 30.8 Å². The molecule has 0 radical (unpaired) electrons. The van der Waals surface area contributed by atoms with Crippen LogP contribution >= 0.6 is 21.6 Å². The van der Waals surface area contributed by atoms with Crippen molar-refractivity contribution in [2.24, 2.45) is 0 Å². The zero-order chi connectivity index (χ0) is 17.7. The highest BCUT2D eigenvalue weighted by atomic mass is 32.5. The van der Waals surface area contributed by atoms with Gasteiger partial charge in [-0.2, -0.15) is 0 Å². The molecule has 0 bridgehead atoms. The van der Waals surface area contributed by atoms with Gasteiger partial charge in [0.15, 0.2) is 0 Å². The first-order valence-corrected chi connectivity index (χ1v) is 9.95. The van der Waals surface area contributed by atoms with Gasteiger partial charge in [0.25, 0.3) is 10.0 Å². The second-order valence-electron chi connectivity index (χ2n) is 4.52. The van der Waals surface area contributed by atoms with E-state index in [-0.39, 0.29) is 17.3 Å². The number of benzene rings is 1. The molecule has 1 heterocycles. The number of halogens is 5. The Labute approximate surface area is 132 Å². The molecule has 0 amide bonds. The van der Waals surface area contributed by atoms with Crippen LogP contribution in [0.3, 0.4) is 0 Å². The van der Waals surface area contributed by atoms with Crippen molar-refractivity contribution in [1.82, 2.24) is 10.2 Å². The van der Waals surface area contributed by atoms with Crippen LogP contribution in [0.15, 0.2) is 34.1 Å². The Morgan fingerprint density at radius 3 is 1.96 bits per heavy atom. The summed E-state index contributed by atoms with van der Waals surface area (Å²) in [6.45, 7) is 1.59. The Balaban J connectivity index is 2.43. The summed E-state index contributed by atoms with van der Waals surface area (Å²) in [6.07, 6.45) is 0. The molecule has 0 fully saturated rings. The van der Waals surface area contributed by atoms with E-state index in [1.54, 1.807) is 6.92 Å². The van der Waals surface area contributed by atoms with E-state index in [1.807, 2.05) is 0 Å². The summed E-state index contributed by atoms with van der Waals surface area (Å²) < 4.78 is 88.4. The molecule has 1 aromatic heterocycles. The molecule has 0 atom stereocenters. The number of aromatic nitrogens is 2. The van der Waals surface area contributed by atoms with Gasteiger partial charge in [-0.05, 0) is 31.2 Å². The molecule has 130 valence electrons. The Kier molecular flexibility index (Phi) is 3.53. The monoisotopic (exact) mass is 395 g/mol. The van der Waals surface area contributed by atoms with Gasteiger partial charge in [-0.15, -0.1) is 10.2 Å². The maximum atomic E-state index is 12.6. The Morgan fingerprint density at radius 2 is 1.57 bits per heavy atom. The highest BCUT2D eigenvalue weighted by Crippen LogP contribution is 3.02. The van der Waals surface area contributed by atoms with Crippen LogP contribution in [0, 0.1) is 6.92 Å². The minimum Gasteiger partial charge on any atom is -0.243 e. The van der Waals surface area contributed by atoms with Gasteiger partial charge < -0.3 is 0 Å². The van der Waals surface area contributed by atoms with Crippen molar-refractivity contribution in [2.75, 3.05) is 11.4 Å². The zero-order valence-corrected chi connectivity index (χ0v) is 14.0. The molecule has 0 aliphatic rings. The molecule has 5 nitrogen and oxygen atoms in total. The Bertz CT molecular complexity index is 847. The first-order valence-electron chi connectivity index (χ1n) is 5.74. The summed E-state index contributed by atoms with van der Waals surface area (Å²) in [7, 11) is -12.9. The van der Waals surface area contributed by atoms with Gasteiger partial charge in [0, 0.05) is 7.05 Å². The van der Waals surface area contributed by atoms with E-state index in [0.29, 0.717) is 21.4 Å². The number of nitrogens with zero attached hydrogens (tertiary/aromatic N) is 3. The number of anilines is 1. The fraction of sp³-hybridized carbons (Fsp3) is 0.200. The predicted octanol–water partition coefficient (Wildman–Crippen LogP) is 4.33. The van der Waals surface area contributed by atoms with E-state index in [1.165, 1.54) is 0 Å². The number of rotatable bonds is 4. The van der Waals surface area contributed by atoms with Crippen LogP contribution < -0.4 is 4.31 Å². The lowest BCUT2D eigenvalue weighted by Crippen LogP contribution is -2.26. The van der Waals surface area contributed by atoms with Crippen molar-refractivity contribution < 1.29 is 27.8 Å². The average molecular weight is 395 g/mol. The lowest BCUT2D eigenvalue weighted by atomic mass is 10.4. The van der Waals surface area contributed by atoms with Crippen molar-refractivity contribution >= 4 is 36.7 Å². The van der Waals surface area contributed by atoms with Crippen molar-refractivity contribution in [1.29, 1.82) is 0 Å². The van der Waals surface area contributed by atoms with Crippen LogP contribution in [0.1, 0.15) is 5.01 Å². The minimum absolute atomic E-state index is 0.000657. The molecule has 0 saturated heterocycles. The van der Waals surface area contributed by atoms with Gasteiger partial charge in [0.1, 0.15) is 9.90 Å². The second kappa shape index (κ2) is 4.54. The average Bonchev–Trinajstić information content (AvgIpc) is 2.82. The molecule has 0 unspecified atom stereocenters. The predicted molar refractivity (Wildman–Crippen MR) is 78.1 cm³/mol. The van der Waals surface area contributed by atoms with E-state index in [0.717, 1.165) is 18.4 Å². The molecule has 0 aliphatic heterocycles. The summed E-state index contributed by atoms with van der Waals surface area (Å²) in [5, 5.41) is 7.72. The summed E-state index contributed by atoms with van der Waals surface area (Å²) in [6, 6.07) is 1.06. The number of hydrogen-bond donors (Lipinski definition) is 0. The van der Waals surface area contributed by atoms with Crippen molar-refractivity contribution in [3.63, 3.8) is 0 Å². The quantitative estimate of drug-likeness (QED) is 0.723. The lowest BCUT2D eigenvalue weighted by molar-refractivity contribution is 0.364. The maximum Gasteiger partial charge on any atom is 0.310 e. The Morgan fingerprint density at radius 1 is 1.04 bits per heavy atom. The fourth-order valence-electron chi connectivity index (χ4n) is 1.54. The normalized spacial score (nSPS) is 15.8. The third kappa shape index (κ3) is 3.72. The number of hydrogen-bond acceptors (Lipinski definition) is 5. The van der Waals surface area contributed by atoms with Gasteiger partial charge in [-0.3, -0.25) is 0 Å². The van der Waals surface area contributed by atoms with Crippen LogP contribution in [0.5, 0.6) is 0 Å². The summed E-state index contributed by atoms with van der Waals surface area (Å²) >= 11 is 0.954. The molecule has 23 heavy (non-hydrogen) atoms. The molecule has 0 saturated carbocycles. The van der Waals surface area contributed by atoms with Crippen molar-refractivity contribution in [3.05, 3.63) is 29.3 Å². The van der Waals surface area contributed by atoms with E-state index < -0.39 is 30.0 Å². The molecule has 0 aliphatic carbocycles. The van der Waals surface area contributed by atoms with E-state index in [9.17, 15) is 27.8 Å². The third-order valence-corrected chi connectivity index (χ3v) is 6.67. The highest BCUT2D eigenvalue weighted by Gasteiger charge is 2.65. The maximum absolute atomic E-state index is 12.6. The van der Waals surface area contributed by atoms with Gasteiger partial charge in [-0.25, -0.2) is 12.7 Å². The highest BCUT2D eigenvalue weighted by molar-refractivity contribution is 8.45. The van der Waals surface area contributed by atoms with Crippen LogP contribution in [-0.4, -0.2) is 25.7 Å². The van der Waals surface area contributed by atoms with Crippen molar-refractivity contribution in [2.45, 2.75) is 16.7 Å². The standard InChI is InChI=1S/C10H10F5N3O2S3/c1-7-16-17-10(21-7)18(2)22(19,20)8-3-5-9(6-4-8)23(11,12,13,14)15/h3-6H,1-2H3. The first kappa shape index (κ1) is 17.9. The largest absolute Gasteiger partial charge is 0.310 e. The first-order chi connectivity index (χ1) is 10.1. The molecule has 2 rings (SSSR count). The lowest BCUT2D eigenvalue weighted by Gasteiger charge is -2.40. The number of aryl methyl sites for hydroxylation is 1. The molecule has 1 aromatic carbocycles. The summed E-state index contributed by atoms with van der Waals surface area (Å²) in [5.74, 6) is 0. The molecule has 0 spiro atoms. The second-order valence-corrected chi connectivity index (χ2v) is 10.1.